The van der Waals surface area contributed by atoms with Crippen LogP contribution in [0, 0.1) is 18.3 Å². The zero-order valence-corrected chi connectivity index (χ0v) is 28.8. The fraction of sp³-hybridized carbons (Fsp3) is 0.450. The fourth-order valence-corrected chi connectivity index (χ4v) is 8.37. The van der Waals surface area contributed by atoms with Gasteiger partial charge in [0.15, 0.2) is 0 Å². The third-order valence-electron chi connectivity index (χ3n) is 11.4. The van der Waals surface area contributed by atoms with Gasteiger partial charge in [0, 0.05) is 67.1 Å². The highest BCUT2D eigenvalue weighted by Gasteiger charge is 2.60. The van der Waals surface area contributed by atoms with Crippen molar-refractivity contribution in [3.8, 4) is 0 Å². The Morgan fingerprint density at radius 1 is 0.917 bits per heavy atom. The molecule has 1 aliphatic carbocycles. The van der Waals surface area contributed by atoms with E-state index in [2.05, 4.69) is 96.5 Å². The minimum Gasteiger partial charge on any atom is -0.378 e. The molecule has 3 fully saturated rings. The van der Waals surface area contributed by atoms with Gasteiger partial charge in [-0.2, -0.15) is 0 Å². The Hall–Kier alpha value is -4.14. The average molecular weight is 648 g/mol. The predicted molar refractivity (Wildman–Crippen MR) is 192 cm³/mol. The summed E-state index contributed by atoms with van der Waals surface area (Å²) < 4.78 is 5.52. The Morgan fingerprint density at radius 2 is 1.58 bits per heavy atom. The summed E-state index contributed by atoms with van der Waals surface area (Å²) in [5.74, 6) is 0.404. The molecule has 2 atom stereocenters. The quantitative estimate of drug-likeness (QED) is 0.215. The Morgan fingerprint density at radius 3 is 2.29 bits per heavy atom. The topological polar surface area (TPSA) is 80.9 Å². The van der Waals surface area contributed by atoms with Gasteiger partial charge in [-0.25, -0.2) is 0 Å². The van der Waals surface area contributed by atoms with Crippen LogP contribution in [0.4, 0.5) is 11.4 Å². The number of ether oxygens (including phenoxy) is 1. The van der Waals surface area contributed by atoms with Crippen molar-refractivity contribution in [2.75, 3.05) is 56.7 Å². The fourth-order valence-electron chi connectivity index (χ4n) is 8.37. The van der Waals surface area contributed by atoms with Gasteiger partial charge in [-0.05, 0) is 85.5 Å². The monoisotopic (exact) mass is 647 g/mol. The van der Waals surface area contributed by atoms with Crippen molar-refractivity contribution < 1.29 is 14.3 Å². The molecule has 2 aliphatic heterocycles. The highest BCUT2D eigenvalue weighted by molar-refractivity contribution is 6.01. The SMILES string of the molecule is Cc1[nH]c2ccccc2c1[C@@H]1[C@@H](CC(=O)N(Cc2ccccc2)C2(C(=O)Nc3ccc(N4CCOCC4)cc3)CCN(C)CC2)C1(C)C. The minimum absolute atomic E-state index is 0.0335. The summed E-state index contributed by atoms with van der Waals surface area (Å²) >= 11 is 0. The number of amides is 2. The van der Waals surface area contributed by atoms with Crippen LogP contribution in [-0.2, 0) is 20.9 Å². The Bertz CT molecular complexity index is 1750. The molecule has 2 saturated heterocycles. The summed E-state index contributed by atoms with van der Waals surface area (Å²) in [6.07, 6.45) is 1.57. The number of aryl methyl sites for hydroxylation is 1. The first kappa shape index (κ1) is 32.4. The molecule has 0 bridgehead atoms. The maximum absolute atomic E-state index is 14.8. The summed E-state index contributed by atoms with van der Waals surface area (Å²) in [7, 11) is 2.09. The number of aromatic nitrogens is 1. The molecule has 1 saturated carbocycles. The molecule has 3 heterocycles. The molecule has 2 amide bonds. The van der Waals surface area contributed by atoms with E-state index >= 15 is 0 Å². The number of nitrogens with zero attached hydrogens (tertiary/aromatic N) is 3. The molecular formula is C40H49N5O3. The van der Waals surface area contributed by atoms with E-state index in [1.165, 1.54) is 16.6 Å². The molecule has 3 aromatic carbocycles. The third-order valence-corrected chi connectivity index (χ3v) is 11.4. The Kier molecular flexibility index (Phi) is 8.81. The van der Waals surface area contributed by atoms with Crippen LogP contribution in [0.1, 0.15) is 55.8 Å². The first-order chi connectivity index (χ1) is 23.2. The number of H-pyrrole nitrogens is 1. The number of anilines is 2. The van der Waals surface area contributed by atoms with Crippen molar-refractivity contribution in [3.63, 3.8) is 0 Å². The minimum atomic E-state index is -0.965. The number of carbonyl (C=O) groups excluding carboxylic acids is 2. The lowest BCUT2D eigenvalue weighted by Gasteiger charge is -2.47. The van der Waals surface area contributed by atoms with Crippen LogP contribution >= 0.6 is 0 Å². The van der Waals surface area contributed by atoms with Crippen molar-refractivity contribution in [1.29, 1.82) is 0 Å². The van der Waals surface area contributed by atoms with Crippen LogP contribution in [-0.4, -0.2) is 78.6 Å². The number of fused-ring (bicyclic) bond motifs is 1. The van der Waals surface area contributed by atoms with E-state index in [-0.39, 0.29) is 29.1 Å². The molecule has 3 aliphatic rings. The number of benzene rings is 3. The van der Waals surface area contributed by atoms with Crippen LogP contribution in [0.15, 0.2) is 78.9 Å². The van der Waals surface area contributed by atoms with Crippen molar-refractivity contribution in [2.24, 2.45) is 11.3 Å². The van der Waals surface area contributed by atoms with Crippen LogP contribution in [0.25, 0.3) is 10.9 Å². The van der Waals surface area contributed by atoms with Crippen LogP contribution in [0.3, 0.4) is 0 Å². The summed E-state index contributed by atoms with van der Waals surface area (Å²) in [6.45, 7) is 11.8. The number of para-hydroxylation sites is 1. The number of morpholine rings is 1. The summed E-state index contributed by atoms with van der Waals surface area (Å²) in [5, 5.41) is 4.51. The standard InChI is InChI=1S/C40H49N5O3/c1-28-36(32-12-8-9-13-34(32)41-28)37-33(39(37,2)3)26-35(46)45(27-29-10-6-5-7-11-29)40(18-20-43(4)21-19-40)38(47)42-30-14-16-31(17-15-30)44-22-24-48-25-23-44/h5-17,33,37,41H,18-27H2,1-4H3,(H,42,47)/t33-,37+/m1/s1. The first-order valence-corrected chi connectivity index (χ1v) is 17.5. The summed E-state index contributed by atoms with van der Waals surface area (Å²) in [6, 6.07) is 26.7. The lowest BCUT2D eigenvalue weighted by Crippen LogP contribution is -2.62. The van der Waals surface area contributed by atoms with E-state index in [0.717, 1.165) is 61.8 Å². The second-order valence-corrected chi connectivity index (χ2v) is 14.7. The van der Waals surface area contributed by atoms with E-state index < -0.39 is 5.54 Å². The van der Waals surface area contributed by atoms with Crippen molar-refractivity contribution in [1.82, 2.24) is 14.8 Å². The molecule has 4 aromatic rings. The molecule has 48 heavy (non-hydrogen) atoms. The summed E-state index contributed by atoms with van der Waals surface area (Å²) in [4.78, 5) is 39.5. The molecule has 8 nitrogen and oxygen atoms in total. The maximum Gasteiger partial charge on any atom is 0.250 e. The van der Waals surface area contributed by atoms with Gasteiger partial charge in [-0.3, -0.25) is 9.59 Å². The average Bonchev–Trinajstić information content (AvgIpc) is 3.45. The van der Waals surface area contributed by atoms with Crippen molar-refractivity contribution in [2.45, 2.75) is 58.0 Å². The molecule has 0 radical (unpaired) electrons. The molecule has 1 aromatic heterocycles. The van der Waals surface area contributed by atoms with Gasteiger partial charge in [-0.1, -0.05) is 62.4 Å². The highest BCUT2D eigenvalue weighted by atomic mass is 16.5. The van der Waals surface area contributed by atoms with Crippen LogP contribution in [0.5, 0.6) is 0 Å². The molecule has 7 rings (SSSR count). The number of carbonyl (C=O) groups is 2. The molecular weight excluding hydrogens is 598 g/mol. The largest absolute Gasteiger partial charge is 0.378 e. The smallest absolute Gasteiger partial charge is 0.250 e. The first-order valence-electron chi connectivity index (χ1n) is 17.5. The van der Waals surface area contributed by atoms with E-state index in [9.17, 15) is 9.59 Å². The molecule has 252 valence electrons. The number of piperidine rings is 1. The van der Waals surface area contributed by atoms with Crippen molar-refractivity contribution in [3.05, 3.63) is 95.7 Å². The zero-order chi connectivity index (χ0) is 33.5. The van der Waals surface area contributed by atoms with Gasteiger partial charge in [0.25, 0.3) is 0 Å². The predicted octanol–water partition coefficient (Wildman–Crippen LogP) is 6.57. The van der Waals surface area contributed by atoms with Crippen LogP contribution in [0.2, 0.25) is 0 Å². The maximum atomic E-state index is 14.8. The normalized spacial score (nSPS) is 22.0. The van der Waals surface area contributed by atoms with Gasteiger partial charge in [0.1, 0.15) is 5.54 Å². The second kappa shape index (κ2) is 13.1. The third kappa shape index (κ3) is 6.12. The van der Waals surface area contributed by atoms with Crippen LogP contribution < -0.4 is 10.2 Å². The van der Waals surface area contributed by atoms with E-state index in [4.69, 9.17) is 4.74 Å². The van der Waals surface area contributed by atoms with Gasteiger partial charge >= 0.3 is 0 Å². The number of nitrogens with one attached hydrogen (secondary N) is 2. The van der Waals surface area contributed by atoms with Gasteiger partial charge in [0.05, 0.1) is 13.2 Å². The highest BCUT2D eigenvalue weighted by Crippen LogP contribution is 2.67. The lowest BCUT2D eigenvalue weighted by molar-refractivity contribution is -0.150. The number of likely N-dealkylation sites (tertiary alicyclic amines) is 1. The lowest BCUT2D eigenvalue weighted by atomic mass is 9.83. The van der Waals surface area contributed by atoms with Gasteiger partial charge in [-0.15, -0.1) is 0 Å². The Balaban J connectivity index is 1.18. The zero-order valence-electron chi connectivity index (χ0n) is 28.8. The molecule has 0 unspecified atom stereocenters. The van der Waals surface area contributed by atoms with E-state index in [1.54, 1.807) is 0 Å². The molecule has 0 spiro atoms. The molecule has 2 N–H and O–H groups in total. The van der Waals surface area contributed by atoms with Gasteiger partial charge < -0.3 is 29.7 Å². The second-order valence-electron chi connectivity index (χ2n) is 14.7. The number of hydrogen-bond acceptors (Lipinski definition) is 5. The number of aromatic amines is 1. The number of rotatable bonds is 9. The van der Waals surface area contributed by atoms with Crippen molar-refractivity contribution >= 4 is 34.1 Å². The molecule has 8 heteroatoms. The summed E-state index contributed by atoms with van der Waals surface area (Å²) in [5.41, 5.74) is 5.56. The van der Waals surface area contributed by atoms with E-state index in [0.29, 0.717) is 25.8 Å². The Labute approximate surface area is 284 Å². The van der Waals surface area contributed by atoms with E-state index in [1.807, 2.05) is 35.2 Å². The van der Waals surface area contributed by atoms with Gasteiger partial charge in [0.2, 0.25) is 11.8 Å². The number of hydrogen-bond donors (Lipinski definition) is 2.